The summed E-state index contributed by atoms with van der Waals surface area (Å²) in [4.78, 5) is 5.67. The van der Waals surface area contributed by atoms with E-state index in [-0.39, 0.29) is 5.82 Å². The fourth-order valence-electron chi connectivity index (χ4n) is 1.58. The van der Waals surface area contributed by atoms with Crippen molar-refractivity contribution in [2.75, 3.05) is 5.73 Å². The Kier molecular flexibility index (Phi) is 3.70. The number of anilines is 1. The molecular weight excluding hydrogens is 297 g/mol. The summed E-state index contributed by atoms with van der Waals surface area (Å²) in [5, 5.41) is 4.58. The van der Waals surface area contributed by atoms with E-state index in [2.05, 4.69) is 10.1 Å². The average molecular weight is 307 g/mol. The Hall–Kier alpha value is -1.86. The highest BCUT2D eigenvalue weighted by Crippen LogP contribution is 2.29. The second-order valence-electron chi connectivity index (χ2n) is 3.94. The van der Waals surface area contributed by atoms with E-state index in [9.17, 15) is 4.39 Å². The maximum absolute atomic E-state index is 13.5. The number of hydrogen-bond donors (Lipinski definition) is 1. The lowest BCUT2D eigenvalue weighted by atomic mass is 10.3. The summed E-state index contributed by atoms with van der Waals surface area (Å²) in [7, 11) is 0. The number of hydrogen-bond acceptors (Lipinski definition) is 6. The number of benzene rings is 1. The van der Waals surface area contributed by atoms with Gasteiger partial charge in [-0.05, 0) is 24.3 Å². The van der Waals surface area contributed by atoms with E-state index >= 15 is 0 Å². The highest BCUT2D eigenvalue weighted by Gasteiger charge is 2.11. The van der Waals surface area contributed by atoms with Crippen molar-refractivity contribution < 1.29 is 8.91 Å². The fraction of sp³-hybridized carbons (Fsp3) is 0.0769. The molecule has 2 N–H and O–H groups in total. The second kappa shape index (κ2) is 5.64. The number of aromatic nitrogens is 2. The quantitative estimate of drug-likeness (QED) is 0.742. The van der Waals surface area contributed by atoms with Crippen molar-refractivity contribution in [3.05, 3.63) is 48.0 Å². The average Bonchev–Trinajstić information content (AvgIpc) is 3.06. The number of thiophene rings is 1. The summed E-state index contributed by atoms with van der Waals surface area (Å²) in [5.74, 6) is 1.17. The first-order valence-corrected chi connectivity index (χ1v) is 7.58. The SMILES string of the molecule is Nc1ccc(-c2nc(CSc3ccccc3F)no2)s1. The van der Waals surface area contributed by atoms with Gasteiger partial charge in [-0.1, -0.05) is 17.3 Å². The van der Waals surface area contributed by atoms with E-state index in [1.54, 1.807) is 24.3 Å². The van der Waals surface area contributed by atoms with Crippen LogP contribution in [0.4, 0.5) is 9.39 Å². The normalized spacial score (nSPS) is 10.8. The molecule has 0 saturated heterocycles. The molecular formula is C13H10FN3OS2. The van der Waals surface area contributed by atoms with Crippen molar-refractivity contribution in [3.8, 4) is 10.8 Å². The minimum atomic E-state index is -0.243. The molecule has 2 aromatic heterocycles. The van der Waals surface area contributed by atoms with E-state index in [1.807, 2.05) is 6.07 Å². The monoisotopic (exact) mass is 307 g/mol. The van der Waals surface area contributed by atoms with Gasteiger partial charge in [0.25, 0.3) is 5.89 Å². The predicted octanol–water partition coefficient (Wildman–Crippen LogP) is 3.81. The van der Waals surface area contributed by atoms with Crippen LogP contribution < -0.4 is 5.73 Å². The second-order valence-corrected chi connectivity index (χ2v) is 6.07. The lowest BCUT2D eigenvalue weighted by Gasteiger charge is -1.99. The zero-order chi connectivity index (χ0) is 13.9. The Labute approximate surface area is 122 Å². The summed E-state index contributed by atoms with van der Waals surface area (Å²) < 4.78 is 18.6. The van der Waals surface area contributed by atoms with Crippen LogP contribution in [0.1, 0.15) is 5.82 Å². The van der Waals surface area contributed by atoms with Gasteiger partial charge in [-0.25, -0.2) is 4.39 Å². The Morgan fingerprint density at radius 3 is 2.85 bits per heavy atom. The molecule has 3 rings (SSSR count). The maximum Gasteiger partial charge on any atom is 0.268 e. The Bertz CT molecular complexity index is 726. The third-order valence-electron chi connectivity index (χ3n) is 2.50. The molecule has 0 saturated carbocycles. The van der Waals surface area contributed by atoms with Gasteiger partial charge in [-0.15, -0.1) is 23.1 Å². The molecule has 0 spiro atoms. The van der Waals surface area contributed by atoms with Gasteiger partial charge in [-0.3, -0.25) is 0 Å². The van der Waals surface area contributed by atoms with Crippen LogP contribution in [0.25, 0.3) is 10.8 Å². The van der Waals surface area contributed by atoms with E-state index in [4.69, 9.17) is 10.3 Å². The number of halogens is 1. The summed E-state index contributed by atoms with van der Waals surface area (Å²) in [6.07, 6.45) is 0. The smallest absolute Gasteiger partial charge is 0.268 e. The highest BCUT2D eigenvalue weighted by molar-refractivity contribution is 7.98. The van der Waals surface area contributed by atoms with Crippen LogP contribution in [-0.2, 0) is 5.75 Å². The summed E-state index contributed by atoms with van der Waals surface area (Å²) >= 11 is 2.72. The molecule has 3 aromatic rings. The van der Waals surface area contributed by atoms with Gasteiger partial charge in [0.05, 0.1) is 15.6 Å². The van der Waals surface area contributed by atoms with Gasteiger partial charge in [0.2, 0.25) is 0 Å². The number of nitrogen functional groups attached to an aromatic ring is 1. The standard InChI is InChI=1S/C13H10FN3OS2/c14-8-3-1-2-4-9(8)19-7-12-16-13(18-17-12)10-5-6-11(15)20-10/h1-6H,7,15H2. The molecule has 7 heteroatoms. The van der Waals surface area contributed by atoms with E-state index in [1.165, 1.54) is 29.2 Å². The van der Waals surface area contributed by atoms with Crippen LogP contribution in [0, 0.1) is 5.82 Å². The van der Waals surface area contributed by atoms with Crippen LogP contribution in [0.15, 0.2) is 45.8 Å². The zero-order valence-electron chi connectivity index (χ0n) is 10.2. The Morgan fingerprint density at radius 2 is 2.10 bits per heavy atom. The molecule has 102 valence electrons. The first kappa shape index (κ1) is 13.1. The van der Waals surface area contributed by atoms with Gasteiger partial charge < -0.3 is 10.3 Å². The molecule has 0 unspecified atom stereocenters. The zero-order valence-corrected chi connectivity index (χ0v) is 11.9. The van der Waals surface area contributed by atoms with Crippen LogP contribution in [0.2, 0.25) is 0 Å². The largest absolute Gasteiger partial charge is 0.391 e. The summed E-state index contributed by atoms with van der Waals surface area (Å²) in [6.45, 7) is 0. The molecule has 0 aliphatic carbocycles. The van der Waals surface area contributed by atoms with Gasteiger partial charge in [0.15, 0.2) is 5.82 Å². The van der Waals surface area contributed by atoms with Gasteiger partial charge in [-0.2, -0.15) is 4.98 Å². The third-order valence-corrected chi connectivity index (χ3v) is 4.45. The molecule has 0 aliphatic heterocycles. The molecule has 20 heavy (non-hydrogen) atoms. The Morgan fingerprint density at radius 1 is 1.25 bits per heavy atom. The molecule has 0 bridgehead atoms. The van der Waals surface area contributed by atoms with Crippen molar-refractivity contribution in [3.63, 3.8) is 0 Å². The third kappa shape index (κ3) is 2.83. The lowest BCUT2D eigenvalue weighted by molar-refractivity contribution is 0.426. The maximum atomic E-state index is 13.5. The molecule has 1 aromatic carbocycles. The molecule has 0 amide bonds. The molecule has 4 nitrogen and oxygen atoms in total. The minimum Gasteiger partial charge on any atom is -0.391 e. The van der Waals surface area contributed by atoms with E-state index in [0.29, 0.717) is 27.4 Å². The van der Waals surface area contributed by atoms with Crippen molar-refractivity contribution in [1.82, 2.24) is 10.1 Å². The van der Waals surface area contributed by atoms with Gasteiger partial charge in [0.1, 0.15) is 5.82 Å². The van der Waals surface area contributed by atoms with E-state index in [0.717, 1.165) is 4.88 Å². The van der Waals surface area contributed by atoms with Crippen LogP contribution in [-0.4, -0.2) is 10.1 Å². The van der Waals surface area contributed by atoms with Crippen molar-refractivity contribution in [2.24, 2.45) is 0 Å². The molecule has 0 fully saturated rings. The first-order valence-electron chi connectivity index (χ1n) is 5.78. The fourth-order valence-corrected chi connectivity index (χ4v) is 3.06. The van der Waals surface area contributed by atoms with Crippen LogP contribution >= 0.6 is 23.1 Å². The van der Waals surface area contributed by atoms with Crippen molar-refractivity contribution in [2.45, 2.75) is 10.6 Å². The predicted molar refractivity (Wildman–Crippen MR) is 78.0 cm³/mol. The van der Waals surface area contributed by atoms with Gasteiger partial charge in [0, 0.05) is 4.90 Å². The van der Waals surface area contributed by atoms with Crippen LogP contribution in [0.5, 0.6) is 0 Å². The number of nitrogens with zero attached hydrogens (tertiary/aromatic N) is 2. The number of thioether (sulfide) groups is 1. The molecule has 0 radical (unpaired) electrons. The molecule has 2 heterocycles. The summed E-state index contributed by atoms with van der Waals surface area (Å²) in [6, 6.07) is 10.2. The van der Waals surface area contributed by atoms with E-state index < -0.39 is 0 Å². The Balaban J connectivity index is 1.70. The van der Waals surface area contributed by atoms with Gasteiger partial charge >= 0.3 is 0 Å². The topological polar surface area (TPSA) is 64.9 Å². The molecule has 0 atom stereocenters. The number of nitrogens with two attached hydrogens (primary N) is 1. The van der Waals surface area contributed by atoms with Crippen molar-refractivity contribution >= 4 is 28.1 Å². The molecule has 0 aliphatic rings. The summed E-state index contributed by atoms with van der Waals surface area (Å²) in [5.41, 5.74) is 5.66. The number of rotatable bonds is 4. The minimum absolute atomic E-state index is 0.243. The first-order chi connectivity index (χ1) is 9.72. The highest BCUT2D eigenvalue weighted by atomic mass is 32.2. The lowest BCUT2D eigenvalue weighted by Crippen LogP contribution is -1.85. The van der Waals surface area contributed by atoms with Crippen molar-refractivity contribution in [1.29, 1.82) is 0 Å². The van der Waals surface area contributed by atoms with Crippen LogP contribution in [0.3, 0.4) is 0 Å².